The smallest absolute Gasteiger partial charge is 0.218 e. The molecule has 2 unspecified atom stereocenters. The van der Waals surface area contributed by atoms with Crippen LogP contribution in [0.25, 0.3) is 0 Å². The van der Waals surface area contributed by atoms with Crippen molar-refractivity contribution in [2.24, 2.45) is 10.4 Å². The van der Waals surface area contributed by atoms with E-state index in [0.717, 1.165) is 22.7 Å². The average Bonchev–Trinajstić information content (AvgIpc) is 2.84. The molecule has 1 fully saturated rings. The van der Waals surface area contributed by atoms with Gasteiger partial charge in [0.05, 0.1) is 23.4 Å². The molecule has 0 saturated heterocycles. The van der Waals surface area contributed by atoms with Gasteiger partial charge in [-0.3, -0.25) is 0 Å². The molecule has 3 nitrogen and oxygen atoms in total. The van der Waals surface area contributed by atoms with Gasteiger partial charge in [0.2, 0.25) is 12.2 Å². The lowest BCUT2D eigenvalue weighted by atomic mass is 9.65. The van der Waals surface area contributed by atoms with Crippen LogP contribution in [0.2, 0.25) is 0 Å². The fraction of sp³-hybridized carbons (Fsp3) is 0.469. The van der Waals surface area contributed by atoms with E-state index in [-0.39, 0.29) is 27.8 Å². The largest absolute Gasteiger partial charge is 0.330 e. The van der Waals surface area contributed by atoms with Crippen LogP contribution in [0.15, 0.2) is 99.9 Å². The lowest BCUT2D eigenvalue weighted by Crippen LogP contribution is -2.58. The second kappa shape index (κ2) is 11.1. The minimum atomic E-state index is -0.208. The molecule has 1 N–H and O–H groups in total. The molecule has 0 aromatic heterocycles. The number of quaternary nitrogens is 1. The fourth-order valence-electron chi connectivity index (χ4n) is 6.11. The maximum Gasteiger partial charge on any atom is 0.218 e. The fourth-order valence-corrected chi connectivity index (χ4v) is 6.11. The normalized spacial score (nSPS) is 27.1. The molecule has 1 aliphatic carbocycles. The highest BCUT2D eigenvalue weighted by Gasteiger charge is 2.47. The topological polar surface area (TPSA) is 24.4 Å². The molecule has 2 atom stereocenters. The Labute approximate surface area is 218 Å². The van der Waals surface area contributed by atoms with Gasteiger partial charge >= 0.3 is 0 Å². The van der Waals surface area contributed by atoms with Gasteiger partial charge in [0.15, 0.2) is 11.5 Å². The van der Waals surface area contributed by atoms with E-state index < -0.39 is 0 Å². The van der Waals surface area contributed by atoms with Gasteiger partial charge < -0.3 is 5.32 Å². The highest BCUT2D eigenvalue weighted by molar-refractivity contribution is 5.62. The lowest BCUT2D eigenvalue weighted by Gasteiger charge is -2.44. The Balaban J connectivity index is 2.05. The Hall–Kier alpha value is -2.72. The van der Waals surface area contributed by atoms with Gasteiger partial charge in [-0.25, -0.2) is 9.38 Å². The molecule has 0 amide bonds. The number of aliphatic imine (C=N–C) groups is 1. The molecule has 4 heteroatoms. The molecular weight excluding hydrogens is 445 g/mol. The van der Waals surface area contributed by atoms with Gasteiger partial charge in [0.25, 0.3) is 0 Å². The van der Waals surface area contributed by atoms with Crippen molar-refractivity contribution in [3.8, 4) is 0 Å². The minimum Gasteiger partial charge on any atom is -0.330 e. The number of fused-ring (bicyclic) bond motifs is 1. The molecule has 2 heterocycles. The van der Waals surface area contributed by atoms with Crippen molar-refractivity contribution >= 4 is 6.34 Å². The summed E-state index contributed by atoms with van der Waals surface area (Å²) in [5, 5.41) is 3.75. The summed E-state index contributed by atoms with van der Waals surface area (Å²) in [6.45, 7) is 22.6. The van der Waals surface area contributed by atoms with E-state index in [1.165, 1.54) is 50.2 Å². The molecule has 2 aliphatic heterocycles. The summed E-state index contributed by atoms with van der Waals surface area (Å²) >= 11 is 0. The van der Waals surface area contributed by atoms with Crippen LogP contribution in [0.4, 0.5) is 4.39 Å². The molecule has 0 aromatic rings. The van der Waals surface area contributed by atoms with E-state index in [2.05, 4.69) is 71.3 Å². The number of nitrogens with zero attached hydrogens (tertiary/aromatic N) is 2. The van der Waals surface area contributed by atoms with Crippen LogP contribution in [-0.2, 0) is 0 Å². The van der Waals surface area contributed by atoms with Gasteiger partial charge in [0.1, 0.15) is 0 Å². The van der Waals surface area contributed by atoms with Crippen LogP contribution in [0.1, 0.15) is 80.6 Å². The Morgan fingerprint density at radius 3 is 2.39 bits per heavy atom. The standard InChI is InChI=1S/C32H45FN3/c1-10-15-30(26(9)33)36(23(5)6)21-34-28-20-29(35-31(36)25(28)8)27(11-2)17-16-24(7)32(22(3)4)18-13-12-14-19-32/h10-11,15-17,20-21,23,29,35H,2-3,12-14,18-19H2,1,4-9H3/q+1/b15-10-,24-16+,27-17+,30-26-. The molecule has 2 bridgehead atoms. The van der Waals surface area contributed by atoms with E-state index in [1.54, 1.807) is 0 Å². The highest BCUT2D eigenvalue weighted by atomic mass is 19.1. The van der Waals surface area contributed by atoms with Crippen LogP contribution >= 0.6 is 0 Å². The van der Waals surface area contributed by atoms with E-state index in [1.807, 2.05) is 31.5 Å². The maximum atomic E-state index is 14.9. The zero-order valence-electron chi connectivity index (χ0n) is 23.4. The van der Waals surface area contributed by atoms with Crippen LogP contribution in [0.5, 0.6) is 0 Å². The summed E-state index contributed by atoms with van der Waals surface area (Å²) < 4.78 is 15.2. The minimum absolute atomic E-state index is 0.0448. The van der Waals surface area contributed by atoms with Crippen molar-refractivity contribution in [3.05, 3.63) is 94.9 Å². The Morgan fingerprint density at radius 2 is 1.86 bits per heavy atom. The van der Waals surface area contributed by atoms with Gasteiger partial charge in [-0.2, -0.15) is 4.48 Å². The molecule has 0 radical (unpaired) electrons. The Kier molecular flexibility index (Phi) is 8.61. The van der Waals surface area contributed by atoms with Crippen LogP contribution in [-0.4, -0.2) is 22.9 Å². The molecule has 194 valence electrons. The molecule has 0 aromatic carbocycles. The highest BCUT2D eigenvalue weighted by Crippen LogP contribution is 2.47. The number of hydrogen-bond donors (Lipinski definition) is 1. The molecule has 0 spiro atoms. The summed E-state index contributed by atoms with van der Waals surface area (Å²) in [4.78, 5) is 4.85. The van der Waals surface area contributed by atoms with Crippen LogP contribution in [0, 0.1) is 5.41 Å². The molecule has 36 heavy (non-hydrogen) atoms. The first-order valence-electron chi connectivity index (χ1n) is 13.4. The lowest BCUT2D eigenvalue weighted by molar-refractivity contribution is -0.782. The Morgan fingerprint density at radius 1 is 1.19 bits per heavy atom. The van der Waals surface area contributed by atoms with Crippen molar-refractivity contribution in [1.82, 2.24) is 5.32 Å². The molecule has 1 saturated carbocycles. The van der Waals surface area contributed by atoms with Gasteiger partial charge in [-0.15, -0.1) is 0 Å². The van der Waals surface area contributed by atoms with Gasteiger partial charge in [0, 0.05) is 5.41 Å². The monoisotopic (exact) mass is 490 g/mol. The van der Waals surface area contributed by atoms with Gasteiger partial charge in [-0.05, 0) is 79.0 Å². The number of allylic oxidation sites excluding steroid dienone is 8. The molecular formula is C32H45FN3+. The third-order valence-corrected chi connectivity index (χ3v) is 8.40. The summed E-state index contributed by atoms with van der Waals surface area (Å²) in [7, 11) is 0. The van der Waals surface area contributed by atoms with E-state index in [0.29, 0.717) is 5.70 Å². The van der Waals surface area contributed by atoms with Crippen molar-refractivity contribution < 1.29 is 8.87 Å². The van der Waals surface area contributed by atoms with Gasteiger partial charge in [-0.1, -0.05) is 67.9 Å². The van der Waals surface area contributed by atoms with Crippen molar-refractivity contribution in [1.29, 1.82) is 0 Å². The maximum absolute atomic E-state index is 14.9. The summed E-state index contributed by atoms with van der Waals surface area (Å²) in [6.07, 6.45) is 20.3. The molecule has 3 rings (SSSR count). The quantitative estimate of drug-likeness (QED) is 0.205. The zero-order valence-corrected chi connectivity index (χ0v) is 23.4. The number of dihydropyridines is 1. The van der Waals surface area contributed by atoms with Crippen molar-refractivity contribution in [2.75, 3.05) is 0 Å². The van der Waals surface area contributed by atoms with Crippen molar-refractivity contribution in [2.45, 2.75) is 92.7 Å². The van der Waals surface area contributed by atoms with E-state index >= 15 is 0 Å². The predicted octanol–water partition coefficient (Wildman–Crippen LogP) is 8.70. The van der Waals surface area contributed by atoms with E-state index in [9.17, 15) is 4.39 Å². The SMILES string of the molecule is C=C/C(=C\C=C(/C)C1(C(=C)C)CCCCC1)C1C=C2N=C[N+](C(/C=C\C)=C(/C)F)(C(C)C)C(=C2C)N1. The first kappa shape index (κ1) is 27.9. The van der Waals surface area contributed by atoms with Crippen LogP contribution < -0.4 is 5.32 Å². The first-order chi connectivity index (χ1) is 17.0. The third kappa shape index (κ3) is 4.80. The average molecular weight is 491 g/mol. The number of hydrogen-bond acceptors (Lipinski definition) is 2. The second-order valence-electron chi connectivity index (χ2n) is 10.8. The predicted molar refractivity (Wildman–Crippen MR) is 153 cm³/mol. The second-order valence-corrected chi connectivity index (χ2v) is 10.8. The first-order valence-corrected chi connectivity index (χ1v) is 13.4. The molecule has 3 aliphatic rings. The zero-order chi connectivity index (χ0) is 26.7. The van der Waals surface area contributed by atoms with Crippen LogP contribution in [0.3, 0.4) is 0 Å². The Bertz CT molecular complexity index is 1110. The summed E-state index contributed by atoms with van der Waals surface area (Å²) in [5.41, 5.74) is 6.35. The van der Waals surface area contributed by atoms with Crippen molar-refractivity contribution in [3.63, 3.8) is 0 Å². The van der Waals surface area contributed by atoms with E-state index in [4.69, 9.17) is 4.99 Å². The number of nitrogens with one attached hydrogen (secondary N) is 1. The summed E-state index contributed by atoms with van der Waals surface area (Å²) in [5.74, 6) is 0.757. The number of rotatable bonds is 8. The summed E-state index contributed by atoms with van der Waals surface area (Å²) in [6, 6.07) is -0.0590. The third-order valence-electron chi connectivity index (χ3n) is 8.40. The number of halogens is 1.